The number of rotatable bonds is 7. The number of aryl methyl sites for hydroxylation is 2. The van der Waals surface area contributed by atoms with Crippen LogP contribution in [0.3, 0.4) is 0 Å². The normalized spacial score (nSPS) is 19.9. The van der Waals surface area contributed by atoms with Crippen LogP contribution in [0, 0.1) is 13.8 Å². The lowest BCUT2D eigenvalue weighted by Gasteiger charge is -2.29. The average molecular weight is 368 g/mol. The van der Waals surface area contributed by atoms with Gasteiger partial charge in [0.15, 0.2) is 0 Å². The van der Waals surface area contributed by atoms with Crippen molar-refractivity contribution < 1.29 is 4.74 Å². The van der Waals surface area contributed by atoms with Crippen LogP contribution in [0.5, 0.6) is 5.75 Å². The monoisotopic (exact) mass is 367 g/mol. The highest BCUT2D eigenvalue weighted by atomic mass is 16.5. The summed E-state index contributed by atoms with van der Waals surface area (Å²) in [6.45, 7) is 7.68. The van der Waals surface area contributed by atoms with Crippen LogP contribution in [-0.4, -0.2) is 30.7 Å². The Morgan fingerprint density at radius 3 is 2.26 bits per heavy atom. The van der Waals surface area contributed by atoms with Gasteiger partial charge in [0.05, 0.1) is 6.61 Å². The van der Waals surface area contributed by atoms with Gasteiger partial charge in [0.1, 0.15) is 5.75 Å². The minimum Gasteiger partial charge on any atom is -0.494 e. The molecule has 1 fully saturated rings. The van der Waals surface area contributed by atoms with Crippen molar-refractivity contribution in [3.8, 4) is 16.9 Å². The summed E-state index contributed by atoms with van der Waals surface area (Å²) in [7, 11) is 2.07. The Balaban J connectivity index is 1.75. The van der Waals surface area contributed by atoms with Gasteiger partial charge in [-0.05, 0) is 88.9 Å². The van der Waals surface area contributed by atoms with Gasteiger partial charge in [-0.15, -0.1) is 0 Å². The molecule has 1 aliphatic carbocycles. The van der Waals surface area contributed by atoms with Crippen molar-refractivity contribution in [2.45, 2.75) is 65.1 Å². The third-order valence-corrected chi connectivity index (χ3v) is 5.49. The van der Waals surface area contributed by atoms with E-state index in [0.717, 1.165) is 23.7 Å². The van der Waals surface area contributed by atoms with Crippen molar-refractivity contribution in [2.24, 2.45) is 0 Å². The standard InChI is InChI=1S/C23H33N3O/c1-5-27-23-11-6-18(19-12-16(2)26-17(3)13-19)14-20(23)15-25-22-9-7-21(24-4)8-10-22/h6,11-14,21-22,24-25H,5,7-10,15H2,1-4H3. The van der Waals surface area contributed by atoms with E-state index in [-0.39, 0.29) is 0 Å². The summed E-state index contributed by atoms with van der Waals surface area (Å²) in [4.78, 5) is 4.50. The molecular weight excluding hydrogens is 334 g/mol. The van der Waals surface area contributed by atoms with Crippen LogP contribution in [0.4, 0.5) is 0 Å². The van der Waals surface area contributed by atoms with E-state index >= 15 is 0 Å². The minimum absolute atomic E-state index is 0.596. The molecule has 1 saturated carbocycles. The van der Waals surface area contributed by atoms with Crippen molar-refractivity contribution in [1.82, 2.24) is 15.6 Å². The van der Waals surface area contributed by atoms with Gasteiger partial charge in [0, 0.05) is 35.6 Å². The molecule has 0 radical (unpaired) electrons. The Labute approximate surface area is 163 Å². The van der Waals surface area contributed by atoms with E-state index in [2.05, 4.69) is 66.8 Å². The lowest BCUT2D eigenvalue weighted by molar-refractivity contribution is 0.310. The molecular formula is C23H33N3O. The van der Waals surface area contributed by atoms with Gasteiger partial charge in [-0.2, -0.15) is 0 Å². The number of benzene rings is 1. The summed E-state index contributed by atoms with van der Waals surface area (Å²) in [5, 5.41) is 7.17. The van der Waals surface area contributed by atoms with Gasteiger partial charge in [-0.25, -0.2) is 0 Å². The van der Waals surface area contributed by atoms with Crippen LogP contribution in [0.15, 0.2) is 30.3 Å². The number of pyridine rings is 1. The van der Waals surface area contributed by atoms with Crippen molar-refractivity contribution >= 4 is 0 Å². The fraction of sp³-hybridized carbons (Fsp3) is 0.522. The summed E-state index contributed by atoms with van der Waals surface area (Å²) >= 11 is 0. The van der Waals surface area contributed by atoms with E-state index in [9.17, 15) is 0 Å². The smallest absolute Gasteiger partial charge is 0.123 e. The first kappa shape index (κ1) is 19.8. The third-order valence-electron chi connectivity index (χ3n) is 5.49. The highest BCUT2D eigenvalue weighted by molar-refractivity contribution is 5.66. The molecule has 0 aliphatic heterocycles. The topological polar surface area (TPSA) is 46.2 Å². The summed E-state index contributed by atoms with van der Waals surface area (Å²) in [6.07, 6.45) is 4.97. The van der Waals surface area contributed by atoms with E-state index in [1.54, 1.807) is 0 Å². The predicted molar refractivity (Wildman–Crippen MR) is 112 cm³/mol. The molecule has 1 heterocycles. The second-order valence-corrected chi connectivity index (χ2v) is 7.61. The molecule has 3 rings (SSSR count). The summed E-state index contributed by atoms with van der Waals surface area (Å²) in [6, 6.07) is 12.1. The first-order valence-electron chi connectivity index (χ1n) is 10.2. The molecule has 0 amide bonds. The molecule has 1 aromatic heterocycles. The fourth-order valence-corrected chi connectivity index (χ4v) is 4.04. The average Bonchev–Trinajstić information content (AvgIpc) is 2.67. The number of aromatic nitrogens is 1. The van der Waals surface area contributed by atoms with Crippen molar-refractivity contribution in [1.29, 1.82) is 0 Å². The van der Waals surface area contributed by atoms with Crippen LogP contribution >= 0.6 is 0 Å². The molecule has 0 unspecified atom stereocenters. The zero-order valence-electron chi connectivity index (χ0n) is 17.1. The van der Waals surface area contributed by atoms with E-state index in [0.29, 0.717) is 18.7 Å². The number of nitrogens with zero attached hydrogens (tertiary/aromatic N) is 1. The maximum Gasteiger partial charge on any atom is 0.123 e. The lowest BCUT2D eigenvalue weighted by Crippen LogP contribution is -2.38. The van der Waals surface area contributed by atoms with Crippen LogP contribution < -0.4 is 15.4 Å². The molecule has 0 bridgehead atoms. The molecule has 1 aromatic carbocycles. The van der Waals surface area contributed by atoms with Gasteiger partial charge in [0.25, 0.3) is 0 Å². The number of nitrogens with one attached hydrogen (secondary N) is 2. The highest BCUT2D eigenvalue weighted by Gasteiger charge is 2.20. The van der Waals surface area contributed by atoms with E-state index < -0.39 is 0 Å². The van der Waals surface area contributed by atoms with Crippen molar-refractivity contribution in [3.05, 3.63) is 47.3 Å². The Bertz CT molecular complexity index is 731. The summed E-state index contributed by atoms with van der Waals surface area (Å²) < 4.78 is 5.89. The molecule has 0 spiro atoms. The number of hydrogen-bond acceptors (Lipinski definition) is 4. The molecule has 2 N–H and O–H groups in total. The van der Waals surface area contributed by atoms with Crippen LogP contribution in [0.25, 0.3) is 11.1 Å². The molecule has 1 aliphatic rings. The zero-order valence-corrected chi connectivity index (χ0v) is 17.1. The zero-order chi connectivity index (χ0) is 19.2. The van der Waals surface area contributed by atoms with E-state index in [1.807, 2.05) is 6.92 Å². The Morgan fingerprint density at radius 1 is 0.963 bits per heavy atom. The largest absolute Gasteiger partial charge is 0.494 e. The van der Waals surface area contributed by atoms with Crippen LogP contribution in [0.2, 0.25) is 0 Å². The van der Waals surface area contributed by atoms with E-state index in [4.69, 9.17) is 4.74 Å². The van der Waals surface area contributed by atoms with Gasteiger partial charge >= 0.3 is 0 Å². The van der Waals surface area contributed by atoms with E-state index in [1.165, 1.54) is 42.4 Å². The van der Waals surface area contributed by atoms with Gasteiger partial charge in [-0.3, -0.25) is 4.98 Å². The summed E-state index contributed by atoms with van der Waals surface area (Å²) in [5.41, 5.74) is 5.79. The van der Waals surface area contributed by atoms with Crippen molar-refractivity contribution in [2.75, 3.05) is 13.7 Å². The maximum absolute atomic E-state index is 5.89. The molecule has 4 heteroatoms. The molecule has 4 nitrogen and oxygen atoms in total. The molecule has 2 aromatic rings. The lowest BCUT2D eigenvalue weighted by atomic mass is 9.91. The van der Waals surface area contributed by atoms with Crippen molar-refractivity contribution in [3.63, 3.8) is 0 Å². The molecule has 0 atom stereocenters. The van der Waals surface area contributed by atoms with Gasteiger partial charge in [0.2, 0.25) is 0 Å². The SMILES string of the molecule is CCOc1ccc(-c2cc(C)nc(C)c2)cc1CNC1CCC(NC)CC1. The molecule has 0 saturated heterocycles. The number of ether oxygens (including phenoxy) is 1. The Kier molecular flexibility index (Phi) is 6.86. The minimum atomic E-state index is 0.596. The van der Waals surface area contributed by atoms with Crippen LogP contribution in [-0.2, 0) is 6.54 Å². The number of hydrogen-bond donors (Lipinski definition) is 2. The first-order chi connectivity index (χ1) is 13.1. The molecule has 146 valence electrons. The second-order valence-electron chi connectivity index (χ2n) is 7.61. The first-order valence-corrected chi connectivity index (χ1v) is 10.2. The van der Waals surface area contributed by atoms with Crippen LogP contribution in [0.1, 0.15) is 49.6 Å². The third kappa shape index (κ3) is 5.30. The maximum atomic E-state index is 5.89. The van der Waals surface area contributed by atoms with Gasteiger partial charge < -0.3 is 15.4 Å². The predicted octanol–water partition coefficient (Wildman–Crippen LogP) is 4.38. The summed E-state index contributed by atoms with van der Waals surface area (Å²) in [5.74, 6) is 0.986. The highest BCUT2D eigenvalue weighted by Crippen LogP contribution is 2.28. The van der Waals surface area contributed by atoms with Gasteiger partial charge in [-0.1, -0.05) is 6.07 Å². The Morgan fingerprint density at radius 2 is 1.63 bits per heavy atom. The fourth-order valence-electron chi connectivity index (χ4n) is 4.04. The second kappa shape index (κ2) is 9.34. The molecule has 27 heavy (non-hydrogen) atoms. The quantitative estimate of drug-likeness (QED) is 0.762. The Hall–Kier alpha value is -1.91.